The number of benzene rings is 1. The number of hydrogen-bond acceptors (Lipinski definition) is 4. The van der Waals surface area contributed by atoms with E-state index in [1.54, 1.807) is 0 Å². The number of fused-ring (bicyclic) bond motifs is 5. The third-order valence-electron chi connectivity index (χ3n) is 10.7. The zero-order valence-electron chi connectivity index (χ0n) is 22.6. The zero-order chi connectivity index (χ0) is 25.7. The summed E-state index contributed by atoms with van der Waals surface area (Å²) in [6.45, 7) is 9.60. The first-order chi connectivity index (χ1) is 17.1. The van der Waals surface area contributed by atoms with Gasteiger partial charge in [0.1, 0.15) is 0 Å². The molecule has 4 heteroatoms. The van der Waals surface area contributed by atoms with Crippen molar-refractivity contribution < 1.29 is 15.0 Å². The molecule has 4 aliphatic rings. The second kappa shape index (κ2) is 9.85. The monoisotopic (exact) mass is 491 g/mol. The quantitative estimate of drug-likeness (QED) is 0.415. The van der Waals surface area contributed by atoms with E-state index in [4.69, 9.17) is 0 Å². The molecule has 196 valence electrons. The van der Waals surface area contributed by atoms with Gasteiger partial charge in [-0.2, -0.15) is 0 Å². The lowest BCUT2D eigenvalue weighted by Crippen LogP contribution is -2.50. The molecular formula is C32H45NO3. The first kappa shape index (κ1) is 25.9. The number of aliphatic hydroxyl groups is 2. The molecule has 0 aliphatic heterocycles. The average Bonchev–Trinajstić information content (AvgIpc) is 3.14. The van der Waals surface area contributed by atoms with Crippen LogP contribution < -0.4 is 5.32 Å². The maximum atomic E-state index is 13.6. The van der Waals surface area contributed by atoms with E-state index in [2.05, 4.69) is 32.2 Å². The first-order valence-corrected chi connectivity index (χ1v) is 14.2. The van der Waals surface area contributed by atoms with Gasteiger partial charge in [-0.05, 0) is 92.9 Å². The van der Waals surface area contributed by atoms with Crippen LogP contribution in [-0.2, 0) is 4.79 Å². The number of ketones is 1. The van der Waals surface area contributed by atoms with Gasteiger partial charge in [-0.3, -0.25) is 4.79 Å². The summed E-state index contributed by atoms with van der Waals surface area (Å²) in [5.74, 6) is 2.15. The van der Waals surface area contributed by atoms with Crippen LogP contribution >= 0.6 is 0 Å². The van der Waals surface area contributed by atoms with Gasteiger partial charge in [0.2, 0.25) is 0 Å². The van der Waals surface area contributed by atoms with Crippen molar-refractivity contribution in [2.45, 2.75) is 97.3 Å². The molecule has 2 fully saturated rings. The molecule has 2 saturated carbocycles. The minimum Gasteiger partial charge on any atom is -0.393 e. The molecule has 36 heavy (non-hydrogen) atoms. The molecule has 0 amide bonds. The van der Waals surface area contributed by atoms with E-state index >= 15 is 0 Å². The van der Waals surface area contributed by atoms with Crippen LogP contribution in [0.4, 0.5) is 0 Å². The van der Waals surface area contributed by atoms with Gasteiger partial charge in [0.25, 0.3) is 0 Å². The lowest BCUT2D eigenvalue weighted by atomic mass is 9.47. The van der Waals surface area contributed by atoms with Gasteiger partial charge < -0.3 is 15.5 Å². The van der Waals surface area contributed by atoms with E-state index < -0.39 is 6.10 Å². The fraction of sp³-hybridized carbons (Fsp3) is 0.656. The Morgan fingerprint density at radius 3 is 2.56 bits per heavy atom. The molecule has 0 spiro atoms. The highest BCUT2D eigenvalue weighted by Gasteiger charge is 2.58. The van der Waals surface area contributed by atoms with Gasteiger partial charge in [-0.15, -0.1) is 0 Å². The molecule has 0 heterocycles. The Hall–Kier alpha value is -1.75. The fourth-order valence-electron chi connectivity index (χ4n) is 8.71. The van der Waals surface area contributed by atoms with E-state index in [1.165, 1.54) is 17.6 Å². The van der Waals surface area contributed by atoms with Crippen LogP contribution in [0.3, 0.4) is 0 Å². The molecule has 5 rings (SSSR count). The Kier molecular flexibility index (Phi) is 7.08. The Balaban J connectivity index is 1.24. The van der Waals surface area contributed by atoms with Crippen molar-refractivity contribution in [2.75, 3.05) is 6.54 Å². The Labute approximate surface area is 217 Å². The van der Waals surface area contributed by atoms with Crippen molar-refractivity contribution in [2.24, 2.45) is 28.6 Å². The first-order valence-electron chi connectivity index (χ1n) is 14.2. The van der Waals surface area contributed by atoms with Crippen LogP contribution in [0.25, 0.3) is 0 Å². The average molecular weight is 492 g/mol. The molecule has 1 aromatic rings. The van der Waals surface area contributed by atoms with Crippen LogP contribution in [-0.4, -0.2) is 34.7 Å². The predicted octanol–water partition coefficient (Wildman–Crippen LogP) is 5.91. The molecule has 3 N–H and O–H groups in total. The number of hydrogen-bond donors (Lipinski definition) is 3. The molecule has 0 radical (unpaired) electrons. The highest BCUT2D eigenvalue weighted by molar-refractivity contribution is 5.98. The van der Waals surface area contributed by atoms with Crippen LogP contribution in [0.1, 0.15) is 90.7 Å². The number of carbonyl (C=O) groups excluding carboxylic acids is 1. The van der Waals surface area contributed by atoms with Crippen molar-refractivity contribution in [3.8, 4) is 0 Å². The largest absolute Gasteiger partial charge is 0.393 e. The van der Waals surface area contributed by atoms with E-state index in [9.17, 15) is 15.0 Å². The Bertz CT molecular complexity index is 1040. The molecule has 0 bridgehead atoms. The minimum atomic E-state index is -0.586. The van der Waals surface area contributed by atoms with Crippen molar-refractivity contribution in [3.63, 3.8) is 0 Å². The van der Waals surface area contributed by atoms with Crippen LogP contribution in [0.15, 0.2) is 53.1 Å². The molecule has 0 aromatic heterocycles. The summed E-state index contributed by atoms with van der Waals surface area (Å²) in [4.78, 5) is 13.6. The number of allylic oxidation sites excluding steroid dienone is 3. The zero-order valence-corrected chi connectivity index (χ0v) is 22.6. The van der Waals surface area contributed by atoms with E-state index in [0.717, 1.165) is 49.7 Å². The van der Waals surface area contributed by atoms with Gasteiger partial charge >= 0.3 is 0 Å². The Morgan fingerprint density at radius 1 is 1.08 bits per heavy atom. The SMILES string of the molecule is CC1=C(C(=O)CCNC(C)C(O)c2ccccc2)C2(C)CCC3C(CC=C4CC(O)CCC43C)C2C1. The van der Waals surface area contributed by atoms with Crippen molar-refractivity contribution in [1.82, 2.24) is 5.32 Å². The standard InChI is InChI=1S/C32H45NO3/c1-20-18-27-25-11-10-23-19-24(34)12-15-31(23,3)26(25)13-16-32(27,4)29(20)28(35)14-17-33-21(2)30(36)22-8-6-5-7-9-22/h5-10,21,24-27,30,33-34,36H,11-19H2,1-4H3. The molecule has 8 atom stereocenters. The summed E-state index contributed by atoms with van der Waals surface area (Å²) >= 11 is 0. The molecule has 0 saturated heterocycles. The van der Waals surface area contributed by atoms with Crippen molar-refractivity contribution in [1.29, 1.82) is 0 Å². The molecule has 8 unspecified atom stereocenters. The summed E-state index contributed by atoms with van der Waals surface area (Å²) in [5.41, 5.74) is 5.03. The summed E-state index contributed by atoms with van der Waals surface area (Å²) in [7, 11) is 0. The number of nitrogens with one attached hydrogen (secondary N) is 1. The third kappa shape index (κ3) is 4.33. The predicted molar refractivity (Wildman–Crippen MR) is 144 cm³/mol. The number of rotatable bonds is 7. The van der Waals surface area contributed by atoms with E-state index in [-0.39, 0.29) is 23.0 Å². The molecule has 4 aliphatic carbocycles. The van der Waals surface area contributed by atoms with Crippen molar-refractivity contribution >= 4 is 5.78 Å². The van der Waals surface area contributed by atoms with Gasteiger partial charge in [0, 0.05) is 24.6 Å². The highest BCUT2D eigenvalue weighted by Crippen LogP contribution is 2.66. The van der Waals surface area contributed by atoms with Crippen molar-refractivity contribution in [3.05, 3.63) is 58.7 Å². The van der Waals surface area contributed by atoms with E-state index in [1.807, 2.05) is 37.3 Å². The summed E-state index contributed by atoms with van der Waals surface area (Å²) < 4.78 is 0. The summed E-state index contributed by atoms with van der Waals surface area (Å²) in [6, 6.07) is 9.60. The minimum absolute atomic E-state index is 0.0205. The topological polar surface area (TPSA) is 69.6 Å². The summed E-state index contributed by atoms with van der Waals surface area (Å²) in [6.07, 6.45) is 9.51. The van der Waals surface area contributed by atoms with Gasteiger partial charge in [0.15, 0.2) is 5.78 Å². The molecule has 4 nitrogen and oxygen atoms in total. The fourth-order valence-corrected chi connectivity index (χ4v) is 8.71. The maximum absolute atomic E-state index is 13.6. The smallest absolute Gasteiger partial charge is 0.160 e. The summed E-state index contributed by atoms with van der Waals surface area (Å²) in [5, 5.41) is 24.3. The van der Waals surface area contributed by atoms with E-state index in [0.29, 0.717) is 36.5 Å². The molecule has 1 aromatic carbocycles. The number of carbonyl (C=O) groups is 1. The third-order valence-corrected chi connectivity index (χ3v) is 10.7. The number of aliphatic hydroxyl groups excluding tert-OH is 2. The van der Waals surface area contributed by atoms with Crippen LogP contribution in [0.2, 0.25) is 0 Å². The normalized spacial score (nSPS) is 37.4. The maximum Gasteiger partial charge on any atom is 0.160 e. The highest BCUT2D eigenvalue weighted by atomic mass is 16.3. The lowest BCUT2D eigenvalue weighted by Gasteiger charge is -2.57. The van der Waals surface area contributed by atoms with Gasteiger partial charge in [-0.25, -0.2) is 0 Å². The van der Waals surface area contributed by atoms with Gasteiger partial charge in [0.05, 0.1) is 12.2 Å². The van der Waals surface area contributed by atoms with Crippen LogP contribution in [0.5, 0.6) is 0 Å². The second-order valence-corrected chi connectivity index (χ2v) is 12.7. The number of Topliss-reactive ketones (excluding diaryl/α,β-unsaturated/α-hetero) is 1. The molecular weight excluding hydrogens is 446 g/mol. The second-order valence-electron chi connectivity index (χ2n) is 12.7. The van der Waals surface area contributed by atoms with Gasteiger partial charge in [-0.1, -0.05) is 61.4 Å². The Morgan fingerprint density at radius 2 is 1.81 bits per heavy atom. The van der Waals surface area contributed by atoms with Crippen LogP contribution in [0, 0.1) is 28.6 Å². The lowest BCUT2D eigenvalue weighted by molar-refractivity contribution is -0.117.